The van der Waals surface area contributed by atoms with Crippen LogP contribution in [0, 0.1) is 0 Å². The van der Waals surface area contributed by atoms with Crippen LogP contribution in [0.5, 0.6) is 0 Å². The summed E-state index contributed by atoms with van der Waals surface area (Å²) in [6.45, 7) is 3.06. The Hall–Kier alpha value is -17.8. The predicted molar refractivity (Wildman–Crippen MR) is 568 cm³/mol. The van der Waals surface area contributed by atoms with E-state index in [-0.39, 0.29) is 24.2 Å². The summed E-state index contributed by atoms with van der Waals surface area (Å²) in [4.78, 5) is 27.2. The van der Waals surface area contributed by atoms with Crippen LogP contribution in [0.15, 0.2) is 503 Å². The number of H-pyrrole nitrogens is 1. The largest absolute Gasteiger partial charge is 0.374 e. The van der Waals surface area contributed by atoms with Gasteiger partial charge in [-0.15, -0.1) is 0 Å². The van der Waals surface area contributed by atoms with Gasteiger partial charge in [0.25, 0.3) is 0 Å². The Morgan fingerprint density at radius 3 is 1.23 bits per heavy atom. The quantitative estimate of drug-likeness (QED) is 0.0921. The molecule has 9 aliphatic heterocycles. The predicted octanol–water partition coefficient (Wildman–Crippen LogP) is 25.6. The van der Waals surface area contributed by atoms with Crippen LogP contribution in [0.4, 0.5) is 0 Å². The lowest BCUT2D eigenvalue weighted by Gasteiger charge is -2.23. The molecule has 18 aromatic rings. The van der Waals surface area contributed by atoms with E-state index in [4.69, 9.17) is 20.0 Å². The van der Waals surface area contributed by atoms with Crippen molar-refractivity contribution in [1.82, 2.24) is 34.6 Å². The topological polar surface area (TPSA) is 116 Å². The summed E-state index contributed by atoms with van der Waals surface area (Å²) in [5.41, 5.74) is 39.5. The molecule has 27 rings (SSSR count). The normalized spacial score (nSPS) is 18.2. The van der Waals surface area contributed by atoms with Gasteiger partial charge >= 0.3 is 0 Å². The van der Waals surface area contributed by atoms with Crippen LogP contribution in [-0.4, -0.2) is 65.7 Å². The number of nitrogens with one attached hydrogen (secondary N) is 4. The van der Waals surface area contributed by atoms with Crippen molar-refractivity contribution in [3.8, 4) is 11.4 Å². The van der Waals surface area contributed by atoms with Gasteiger partial charge in [-0.3, -0.25) is 4.99 Å². The maximum atomic E-state index is 6.04. The highest BCUT2D eigenvalue weighted by atomic mass is 15.0. The fourth-order valence-corrected chi connectivity index (χ4v) is 22.5. The van der Waals surface area contributed by atoms with Gasteiger partial charge in [-0.2, -0.15) is 0 Å². The minimum atomic E-state index is -0.376. The Balaban J connectivity index is 0.606. The molecule has 11 heteroatoms. The van der Waals surface area contributed by atoms with Gasteiger partial charge in [-0.05, 0) is 208 Å². The zero-order valence-electron chi connectivity index (χ0n) is 74.9. The third-order valence-electron chi connectivity index (χ3n) is 28.5. The molecule has 14 aromatic carbocycles. The fraction of sp³-hybridized carbons (Fsp3) is 0.0476. The average Bonchev–Trinajstić information content (AvgIpc) is 1.56. The second-order valence-corrected chi connectivity index (χ2v) is 36.2. The lowest BCUT2D eigenvalue weighted by atomic mass is 9.88. The molecule has 0 fully saturated rings. The van der Waals surface area contributed by atoms with Gasteiger partial charge in [-0.1, -0.05) is 309 Å². The van der Waals surface area contributed by atoms with Crippen molar-refractivity contribution in [3.63, 3.8) is 0 Å². The summed E-state index contributed by atoms with van der Waals surface area (Å²) >= 11 is 0. The summed E-state index contributed by atoms with van der Waals surface area (Å²) in [7, 11) is 0. The first-order valence-corrected chi connectivity index (χ1v) is 47.3. The standard InChI is InChI=1S/C126H87N11/c1-2-135-111-69-53-87(136-113-49-29-27-47-89(113)93-71-85(51-67-115(93)136)91-75-109-121(81-39-19-7-20-40-81)105-61-59-101(129-105)117(77-31-11-3-12-32-77)97-55-57-99(127-97)119(79-35-15-5-16-36-79)103-63-65-107(131-103)123(125(91)133-109)83-43-23-9-24-44-83)73-95(111)96-74-88(54-70-112(96)135)137-114-50-30-28-48-90(114)94-72-86(52-68-116(94)137)92-76-110-122(82-41-21-8-22-42-82)106-62-60-102(130-106)118(78-33-13-4-14-34-78)98-56-58-100(128-98)120(80-37-17-6-18-38-80)104-64-66-108(132-104)124(126(92)134-110)84-45-25-10-26-46-84/h3-76,101-102,107,126,128-129,131,134H,2H2,1H3. The molecule has 4 unspecified atom stereocenters. The van der Waals surface area contributed by atoms with Crippen LogP contribution in [0.1, 0.15) is 62.6 Å². The highest BCUT2D eigenvalue weighted by Crippen LogP contribution is 2.49. The number of para-hydroxylation sites is 2. The minimum absolute atomic E-state index is 0.214. The van der Waals surface area contributed by atoms with E-state index in [2.05, 4.69) is 491 Å². The molecule has 0 aliphatic carbocycles. The van der Waals surface area contributed by atoms with E-state index in [1.54, 1.807) is 0 Å². The lowest BCUT2D eigenvalue weighted by molar-refractivity contribution is 0.827. The highest BCUT2D eigenvalue weighted by molar-refractivity contribution is 6.37. The van der Waals surface area contributed by atoms with Crippen LogP contribution < -0.4 is 26.6 Å². The molecular weight excluding hydrogens is 1670 g/mol. The first-order chi connectivity index (χ1) is 67.9. The van der Waals surface area contributed by atoms with Crippen molar-refractivity contribution in [3.05, 3.63) is 550 Å². The van der Waals surface area contributed by atoms with Crippen molar-refractivity contribution >= 4 is 144 Å². The van der Waals surface area contributed by atoms with E-state index in [9.17, 15) is 0 Å². The molecule has 0 radical (unpaired) electrons. The number of hydrogen-bond acceptors (Lipinski definition) is 7. The molecule has 13 heterocycles. The molecule has 4 aromatic heterocycles. The number of aromatic nitrogens is 4. The van der Waals surface area contributed by atoms with Crippen molar-refractivity contribution < 1.29 is 0 Å². The Morgan fingerprint density at radius 2 is 0.693 bits per heavy atom. The molecule has 646 valence electrons. The van der Waals surface area contributed by atoms with E-state index in [0.717, 1.165) is 241 Å². The number of hydrogen-bond donors (Lipinski definition) is 4. The molecular formula is C126H87N11. The van der Waals surface area contributed by atoms with Gasteiger partial charge in [-0.25, -0.2) is 15.0 Å². The molecule has 0 amide bonds. The second kappa shape index (κ2) is 32.3. The number of aryl methyl sites for hydroxylation is 1. The maximum Gasteiger partial charge on any atom is 0.0967 e. The number of rotatable bonds is 13. The molecule has 11 nitrogen and oxygen atoms in total. The summed E-state index contributed by atoms with van der Waals surface area (Å²) in [5, 5.41) is 21.4. The van der Waals surface area contributed by atoms with E-state index in [1.165, 1.54) is 21.8 Å². The summed E-state index contributed by atoms with van der Waals surface area (Å²) in [6.07, 6.45) is 27.2. The van der Waals surface area contributed by atoms with E-state index >= 15 is 0 Å². The van der Waals surface area contributed by atoms with Crippen molar-refractivity contribution in [1.29, 1.82) is 0 Å². The Labute approximate surface area is 791 Å². The second-order valence-electron chi connectivity index (χ2n) is 36.2. The number of aliphatic imine (C=N–C) groups is 4. The van der Waals surface area contributed by atoms with Crippen LogP contribution in [0.3, 0.4) is 0 Å². The molecule has 4 atom stereocenters. The first-order valence-electron chi connectivity index (χ1n) is 47.3. The number of allylic oxidation sites excluding steroid dienone is 13. The van der Waals surface area contributed by atoms with Crippen LogP contribution in [0.25, 0.3) is 133 Å². The lowest BCUT2D eigenvalue weighted by Crippen LogP contribution is -2.27. The third-order valence-corrected chi connectivity index (χ3v) is 28.5. The number of aromatic amines is 1. The smallest absolute Gasteiger partial charge is 0.0967 e. The molecule has 16 bridgehead atoms. The van der Waals surface area contributed by atoms with Crippen molar-refractivity contribution in [2.45, 2.75) is 37.6 Å². The van der Waals surface area contributed by atoms with Crippen LogP contribution >= 0.6 is 0 Å². The van der Waals surface area contributed by atoms with Crippen LogP contribution in [0.2, 0.25) is 0 Å². The van der Waals surface area contributed by atoms with Gasteiger partial charge < -0.3 is 34.6 Å². The Kier molecular flexibility index (Phi) is 18.6. The zero-order valence-corrected chi connectivity index (χ0v) is 74.9. The molecule has 0 spiro atoms. The van der Waals surface area contributed by atoms with Gasteiger partial charge in [0.2, 0.25) is 0 Å². The summed E-state index contributed by atoms with van der Waals surface area (Å²) < 4.78 is 7.44. The van der Waals surface area contributed by atoms with Crippen LogP contribution in [-0.2, 0) is 6.54 Å². The fourth-order valence-electron chi connectivity index (χ4n) is 22.5. The minimum Gasteiger partial charge on any atom is -0.374 e. The molecule has 137 heavy (non-hydrogen) atoms. The van der Waals surface area contributed by atoms with Gasteiger partial charge in [0.05, 0.1) is 86.2 Å². The van der Waals surface area contributed by atoms with Gasteiger partial charge in [0.1, 0.15) is 0 Å². The highest BCUT2D eigenvalue weighted by Gasteiger charge is 2.38. The first kappa shape index (κ1) is 79.0. The van der Waals surface area contributed by atoms with E-state index < -0.39 is 0 Å². The monoisotopic (exact) mass is 1750 g/mol. The average molecular weight is 1760 g/mol. The van der Waals surface area contributed by atoms with Crippen molar-refractivity contribution in [2.24, 2.45) is 20.0 Å². The zero-order chi connectivity index (χ0) is 90.3. The SMILES string of the molecule is CCn1c2ccc(-n3c4ccccc4c4cc(C5=CC6=NC5=C(c5ccccc5)C5C=CC(=C(c7ccccc7)C7=NC(=C(c8ccccc8)C8C=CC(=C6c6ccccc6)N8)C=C7)N5)ccc43)cc2c2cc(-n3c4ccccc4c4cc(C5=CC6=C(c7ccccc7)C7=NC(C=C7)C(c7ccccc7)=c7ccc([nH]7)=C(c7ccccc7)C7=NC(=C(c8ccccc8)C5N6)C=C7)ccc43)ccc21. The molecule has 0 saturated carbocycles. The van der Waals surface area contributed by atoms with Gasteiger partial charge in [0, 0.05) is 139 Å². The molecule has 4 N–H and O–H groups in total. The summed E-state index contributed by atoms with van der Waals surface area (Å²) in [5.74, 6) is 0. The molecule has 0 saturated heterocycles. The van der Waals surface area contributed by atoms with Gasteiger partial charge in [0.15, 0.2) is 0 Å². The number of benzene rings is 14. The Morgan fingerprint density at radius 1 is 0.277 bits per heavy atom. The molecule has 9 aliphatic rings. The third kappa shape index (κ3) is 13.2. The number of fused-ring (bicyclic) bond motifs is 21. The van der Waals surface area contributed by atoms with E-state index in [1.807, 2.05) is 0 Å². The van der Waals surface area contributed by atoms with E-state index in [0.29, 0.717) is 0 Å². The number of nitrogens with zero attached hydrogens (tertiary/aromatic N) is 7. The Bertz CT molecular complexity index is 8950. The maximum absolute atomic E-state index is 6.04. The summed E-state index contributed by atoms with van der Waals surface area (Å²) in [6, 6.07) is 136. The van der Waals surface area contributed by atoms with Crippen molar-refractivity contribution in [2.75, 3.05) is 0 Å².